The molecular formula is C18H23FN4O4S. The van der Waals surface area contributed by atoms with Gasteiger partial charge in [-0.05, 0) is 35.1 Å². The second-order valence-corrected chi connectivity index (χ2v) is 8.36. The van der Waals surface area contributed by atoms with E-state index in [0.29, 0.717) is 16.8 Å². The van der Waals surface area contributed by atoms with Gasteiger partial charge in [-0.25, -0.2) is 23.9 Å². The Morgan fingerprint density at radius 1 is 1.07 bits per heavy atom. The summed E-state index contributed by atoms with van der Waals surface area (Å²) in [6.45, 7) is 7.41. The van der Waals surface area contributed by atoms with E-state index in [1.807, 2.05) is 32.4 Å². The molecule has 0 fully saturated rings. The molecule has 0 unspecified atom stereocenters. The zero-order chi connectivity index (χ0) is 21.1. The van der Waals surface area contributed by atoms with Gasteiger partial charge in [0.2, 0.25) is 5.88 Å². The molecule has 0 saturated carbocycles. The van der Waals surface area contributed by atoms with E-state index < -0.39 is 26.9 Å². The molecule has 8 nitrogen and oxygen atoms in total. The maximum absolute atomic E-state index is 14.0. The third kappa shape index (κ3) is 4.94. The van der Waals surface area contributed by atoms with Crippen LogP contribution in [0.2, 0.25) is 0 Å². The summed E-state index contributed by atoms with van der Waals surface area (Å²) in [6, 6.07) is 2.77. The highest BCUT2D eigenvalue weighted by Gasteiger charge is 2.23. The van der Waals surface area contributed by atoms with E-state index in [2.05, 4.69) is 15.3 Å². The Morgan fingerprint density at radius 3 is 2.14 bits per heavy atom. The number of sulfonamides is 1. The van der Waals surface area contributed by atoms with Crippen molar-refractivity contribution in [3.05, 3.63) is 41.5 Å². The highest BCUT2D eigenvalue weighted by molar-refractivity contribution is 7.90. The van der Waals surface area contributed by atoms with Crippen molar-refractivity contribution in [2.75, 3.05) is 12.4 Å². The topological polar surface area (TPSA) is 110 Å². The number of methoxy groups -OCH3 is 1. The molecule has 0 saturated heterocycles. The predicted molar refractivity (Wildman–Crippen MR) is 103 cm³/mol. The van der Waals surface area contributed by atoms with Gasteiger partial charge in [0, 0.05) is 11.8 Å². The lowest BCUT2D eigenvalue weighted by Crippen LogP contribution is -2.35. The second-order valence-electron chi connectivity index (χ2n) is 6.73. The summed E-state index contributed by atoms with van der Waals surface area (Å²) in [5.74, 6) is -0.560. The van der Waals surface area contributed by atoms with Crippen LogP contribution in [0.15, 0.2) is 29.6 Å². The molecule has 0 atom stereocenters. The fraction of sp³-hybridized carbons (Fsp3) is 0.389. The van der Waals surface area contributed by atoms with Gasteiger partial charge in [-0.1, -0.05) is 27.7 Å². The van der Waals surface area contributed by atoms with Gasteiger partial charge >= 0.3 is 6.03 Å². The number of halogens is 1. The average Bonchev–Trinajstić information content (AvgIpc) is 2.62. The van der Waals surface area contributed by atoms with Gasteiger partial charge in [-0.2, -0.15) is 8.42 Å². The SMILES string of the molecule is COc1cc(S(=O)(=O)NC(=O)Nc2c(C(C)C)cc(F)cc2C(C)C)ncn1. The first-order valence-corrected chi connectivity index (χ1v) is 10.1. The lowest BCUT2D eigenvalue weighted by Gasteiger charge is -2.20. The van der Waals surface area contributed by atoms with Crippen molar-refractivity contribution in [2.24, 2.45) is 0 Å². The molecule has 2 amide bonds. The highest BCUT2D eigenvalue weighted by Crippen LogP contribution is 2.33. The van der Waals surface area contributed by atoms with Gasteiger partial charge in [0.15, 0.2) is 5.03 Å². The molecule has 1 aromatic carbocycles. The quantitative estimate of drug-likeness (QED) is 0.707. The first-order valence-electron chi connectivity index (χ1n) is 8.58. The van der Waals surface area contributed by atoms with Crippen LogP contribution in [0.3, 0.4) is 0 Å². The van der Waals surface area contributed by atoms with E-state index in [0.717, 1.165) is 12.4 Å². The van der Waals surface area contributed by atoms with Crippen LogP contribution in [0.25, 0.3) is 0 Å². The number of ether oxygens (including phenoxy) is 1. The first kappa shape index (κ1) is 21.5. The molecule has 0 aliphatic heterocycles. The fourth-order valence-corrected chi connectivity index (χ4v) is 3.44. The summed E-state index contributed by atoms with van der Waals surface area (Å²) in [5, 5.41) is 2.14. The van der Waals surface area contributed by atoms with E-state index >= 15 is 0 Å². The predicted octanol–water partition coefficient (Wildman–Crippen LogP) is 3.38. The fourth-order valence-electron chi connectivity index (χ4n) is 2.60. The van der Waals surface area contributed by atoms with E-state index in [-0.39, 0.29) is 17.7 Å². The number of amides is 2. The number of benzene rings is 1. The number of aromatic nitrogens is 2. The van der Waals surface area contributed by atoms with E-state index in [1.54, 1.807) is 0 Å². The Hall–Kier alpha value is -2.75. The minimum atomic E-state index is -4.25. The van der Waals surface area contributed by atoms with E-state index in [1.165, 1.54) is 19.2 Å². The third-order valence-electron chi connectivity index (χ3n) is 3.98. The van der Waals surface area contributed by atoms with Crippen LogP contribution in [-0.2, 0) is 10.0 Å². The lowest BCUT2D eigenvalue weighted by atomic mass is 9.92. The zero-order valence-corrected chi connectivity index (χ0v) is 17.1. The number of nitrogens with zero attached hydrogens (tertiary/aromatic N) is 2. The van der Waals surface area contributed by atoms with Crippen LogP contribution in [-0.4, -0.2) is 31.5 Å². The van der Waals surface area contributed by atoms with Crippen molar-refractivity contribution in [3.63, 3.8) is 0 Å². The number of hydrogen-bond acceptors (Lipinski definition) is 6. The van der Waals surface area contributed by atoms with Crippen molar-refractivity contribution in [1.29, 1.82) is 0 Å². The number of rotatable bonds is 6. The van der Waals surface area contributed by atoms with Crippen molar-refractivity contribution in [2.45, 2.75) is 44.6 Å². The third-order valence-corrected chi connectivity index (χ3v) is 5.20. The molecule has 1 heterocycles. The number of hydrogen-bond donors (Lipinski definition) is 2. The summed E-state index contributed by atoms with van der Waals surface area (Å²) < 4.78 is 45.6. The van der Waals surface area contributed by atoms with E-state index in [9.17, 15) is 17.6 Å². The molecule has 10 heteroatoms. The normalized spacial score (nSPS) is 11.6. The molecule has 0 bridgehead atoms. The molecule has 0 spiro atoms. The molecule has 0 aliphatic rings. The number of urea groups is 1. The van der Waals surface area contributed by atoms with Crippen molar-refractivity contribution >= 4 is 21.7 Å². The maximum Gasteiger partial charge on any atom is 0.333 e. The number of nitrogens with one attached hydrogen (secondary N) is 2. The second kappa shape index (κ2) is 8.51. The van der Waals surface area contributed by atoms with Crippen LogP contribution in [0.5, 0.6) is 5.88 Å². The van der Waals surface area contributed by atoms with Gasteiger partial charge in [-0.3, -0.25) is 0 Å². The summed E-state index contributed by atoms with van der Waals surface area (Å²) >= 11 is 0. The molecule has 2 rings (SSSR count). The lowest BCUT2D eigenvalue weighted by molar-refractivity contribution is 0.256. The van der Waals surface area contributed by atoms with Gasteiger partial charge < -0.3 is 10.1 Å². The number of carbonyl (C=O) groups excluding carboxylic acids is 1. The summed E-state index contributed by atoms with van der Waals surface area (Å²) in [6.07, 6.45) is 1.01. The first-order chi connectivity index (χ1) is 13.0. The standard InChI is InChI=1S/C18H23FN4O4S/c1-10(2)13-6-12(19)7-14(11(3)4)17(13)22-18(24)23-28(25,26)16-8-15(27-5)20-9-21-16/h6-11H,1-5H3,(H2,22,23,24). The Kier molecular flexibility index (Phi) is 6.55. The minimum Gasteiger partial charge on any atom is -0.481 e. The van der Waals surface area contributed by atoms with Crippen LogP contribution in [0.4, 0.5) is 14.9 Å². The summed E-state index contributed by atoms with van der Waals surface area (Å²) in [4.78, 5) is 19.8. The summed E-state index contributed by atoms with van der Waals surface area (Å²) in [7, 11) is -2.93. The van der Waals surface area contributed by atoms with Crippen LogP contribution >= 0.6 is 0 Å². The average molecular weight is 410 g/mol. The zero-order valence-electron chi connectivity index (χ0n) is 16.3. The molecule has 0 aliphatic carbocycles. The van der Waals surface area contributed by atoms with Crippen molar-refractivity contribution in [1.82, 2.24) is 14.7 Å². The highest BCUT2D eigenvalue weighted by atomic mass is 32.2. The minimum absolute atomic E-state index is 0.0403. The number of carbonyl (C=O) groups is 1. The maximum atomic E-state index is 14.0. The molecule has 2 N–H and O–H groups in total. The van der Waals surface area contributed by atoms with Gasteiger partial charge in [0.25, 0.3) is 10.0 Å². The molecule has 0 radical (unpaired) electrons. The van der Waals surface area contributed by atoms with Crippen LogP contribution in [0, 0.1) is 5.82 Å². The smallest absolute Gasteiger partial charge is 0.333 e. The van der Waals surface area contributed by atoms with Crippen LogP contribution in [0.1, 0.15) is 50.7 Å². The number of anilines is 1. The van der Waals surface area contributed by atoms with Gasteiger partial charge in [0.1, 0.15) is 12.1 Å². The van der Waals surface area contributed by atoms with Crippen LogP contribution < -0.4 is 14.8 Å². The monoisotopic (exact) mass is 410 g/mol. The Bertz CT molecular complexity index is 948. The molecule has 152 valence electrons. The Morgan fingerprint density at radius 2 is 1.64 bits per heavy atom. The van der Waals surface area contributed by atoms with Gasteiger partial charge in [0.05, 0.1) is 7.11 Å². The Balaban J connectivity index is 2.34. The van der Waals surface area contributed by atoms with Crippen molar-refractivity contribution < 1.29 is 22.3 Å². The van der Waals surface area contributed by atoms with Gasteiger partial charge in [-0.15, -0.1) is 0 Å². The molecule has 1 aromatic heterocycles. The Labute approximate surface area is 163 Å². The summed E-state index contributed by atoms with van der Waals surface area (Å²) in [5.41, 5.74) is 1.53. The van der Waals surface area contributed by atoms with E-state index in [4.69, 9.17) is 4.74 Å². The van der Waals surface area contributed by atoms with Crippen molar-refractivity contribution in [3.8, 4) is 5.88 Å². The molecule has 28 heavy (non-hydrogen) atoms. The molecule has 2 aromatic rings. The molecular weight excluding hydrogens is 387 g/mol. The largest absolute Gasteiger partial charge is 0.481 e.